The Bertz CT molecular complexity index is 1130. The summed E-state index contributed by atoms with van der Waals surface area (Å²) in [6.07, 6.45) is 0.203. The fraction of sp³-hybridized carbons (Fsp3) is 0.179. The van der Waals surface area contributed by atoms with Gasteiger partial charge in [0, 0.05) is 17.7 Å². The topological polar surface area (TPSA) is 84.9 Å². The first-order valence-electron chi connectivity index (χ1n) is 11.1. The summed E-state index contributed by atoms with van der Waals surface area (Å²) in [6.45, 7) is 4.43. The molecule has 3 aromatic rings. The highest BCUT2D eigenvalue weighted by atomic mass is 16.5. The highest BCUT2D eigenvalue weighted by molar-refractivity contribution is 6.00. The quantitative estimate of drug-likeness (QED) is 0.207. The maximum atomic E-state index is 13.5. The zero-order chi connectivity index (χ0) is 25.0. The van der Waals surface area contributed by atoms with Gasteiger partial charge in [0.2, 0.25) is 0 Å². The van der Waals surface area contributed by atoms with Gasteiger partial charge in [-0.25, -0.2) is 9.80 Å². The molecule has 0 aliphatic carbocycles. The molecule has 1 N–H and O–H groups in total. The molecule has 7 nitrogen and oxygen atoms in total. The van der Waals surface area contributed by atoms with E-state index in [0.717, 1.165) is 10.6 Å². The molecule has 3 rings (SSSR count). The fourth-order valence-electron chi connectivity index (χ4n) is 3.44. The van der Waals surface area contributed by atoms with Crippen molar-refractivity contribution in [1.29, 1.82) is 0 Å². The van der Waals surface area contributed by atoms with Gasteiger partial charge in [-0.05, 0) is 36.2 Å². The number of hydrazine groups is 1. The van der Waals surface area contributed by atoms with E-state index in [2.05, 4.69) is 12.0 Å². The van der Waals surface area contributed by atoms with E-state index < -0.39 is 23.8 Å². The summed E-state index contributed by atoms with van der Waals surface area (Å²) in [5, 5.41) is 1.13. The van der Waals surface area contributed by atoms with Gasteiger partial charge in [-0.1, -0.05) is 73.3 Å². The van der Waals surface area contributed by atoms with E-state index in [4.69, 9.17) is 9.47 Å². The van der Waals surface area contributed by atoms with E-state index >= 15 is 0 Å². The van der Waals surface area contributed by atoms with E-state index in [9.17, 15) is 14.4 Å². The van der Waals surface area contributed by atoms with E-state index in [1.165, 1.54) is 7.11 Å². The molecule has 0 aliphatic heterocycles. The van der Waals surface area contributed by atoms with Crippen LogP contribution in [0.5, 0.6) is 0 Å². The average Bonchev–Trinajstić information content (AvgIpc) is 2.92. The third kappa shape index (κ3) is 7.12. The van der Waals surface area contributed by atoms with Crippen molar-refractivity contribution in [3.8, 4) is 0 Å². The summed E-state index contributed by atoms with van der Waals surface area (Å²) in [7, 11) is 1.24. The maximum Gasteiger partial charge on any atom is 0.335 e. The summed E-state index contributed by atoms with van der Waals surface area (Å²) in [6, 6.07) is 25.7. The van der Waals surface area contributed by atoms with Crippen LogP contribution in [0.3, 0.4) is 0 Å². The summed E-state index contributed by atoms with van der Waals surface area (Å²) in [5.41, 5.74) is 4.39. The van der Waals surface area contributed by atoms with E-state index in [-0.39, 0.29) is 18.6 Å². The number of nitrogens with one attached hydrogen (secondary N) is 1. The molecule has 0 radical (unpaired) electrons. The standard InChI is InChI=1S/C28H28N2O5/c1-21(28(33)34-2)25(18-19-35-20-22-12-6-3-7-13-22)30(27(32)24-16-10-5-11-17-24)29-26(31)23-14-8-4-9-15-23/h3-17,25H,1,18-20H2,2H3,(H,29,31). The molecule has 0 fully saturated rings. The van der Waals surface area contributed by atoms with E-state index in [0.29, 0.717) is 17.7 Å². The lowest BCUT2D eigenvalue weighted by molar-refractivity contribution is -0.136. The van der Waals surface area contributed by atoms with Gasteiger partial charge in [0.1, 0.15) is 0 Å². The van der Waals surface area contributed by atoms with Crippen LogP contribution in [0.4, 0.5) is 0 Å². The van der Waals surface area contributed by atoms with Gasteiger partial charge in [0.05, 0.1) is 25.3 Å². The van der Waals surface area contributed by atoms with Crippen LogP contribution in [-0.2, 0) is 20.9 Å². The van der Waals surface area contributed by atoms with E-state index in [1.54, 1.807) is 60.7 Å². The Labute approximate surface area is 204 Å². The van der Waals surface area contributed by atoms with Gasteiger partial charge < -0.3 is 9.47 Å². The van der Waals surface area contributed by atoms with Gasteiger partial charge in [0.15, 0.2) is 0 Å². The van der Waals surface area contributed by atoms with Gasteiger partial charge in [-0.2, -0.15) is 0 Å². The molecule has 0 bridgehead atoms. The van der Waals surface area contributed by atoms with Crippen LogP contribution in [0.2, 0.25) is 0 Å². The van der Waals surface area contributed by atoms with Crippen molar-refractivity contribution >= 4 is 17.8 Å². The molecule has 1 atom stereocenters. The predicted octanol–water partition coefficient (Wildman–Crippen LogP) is 4.18. The van der Waals surface area contributed by atoms with Crippen LogP contribution in [0, 0.1) is 0 Å². The van der Waals surface area contributed by atoms with Crippen LogP contribution in [-0.4, -0.2) is 42.6 Å². The minimum absolute atomic E-state index is 0.0217. The lowest BCUT2D eigenvalue weighted by Gasteiger charge is -2.32. The van der Waals surface area contributed by atoms with Crippen molar-refractivity contribution in [3.63, 3.8) is 0 Å². The molecular formula is C28H28N2O5. The van der Waals surface area contributed by atoms with Crippen molar-refractivity contribution in [2.75, 3.05) is 13.7 Å². The Morgan fingerprint density at radius 1 is 0.857 bits per heavy atom. The van der Waals surface area contributed by atoms with Crippen LogP contribution >= 0.6 is 0 Å². The van der Waals surface area contributed by atoms with Gasteiger partial charge in [-0.15, -0.1) is 0 Å². The molecule has 35 heavy (non-hydrogen) atoms. The highest BCUT2D eigenvalue weighted by Gasteiger charge is 2.32. The highest BCUT2D eigenvalue weighted by Crippen LogP contribution is 2.18. The Morgan fingerprint density at radius 2 is 1.40 bits per heavy atom. The number of hydrogen-bond donors (Lipinski definition) is 1. The Morgan fingerprint density at radius 3 is 1.97 bits per heavy atom. The molecule has 2 amide bonds. The van der Waals surface area contributed by atoms with Gasteiger partial charge in [0.25, 0.3) is 11.8 Å². The molecule has 0 aromatic heterocycles. The summed E-state index contributed by atoms with van der Waals surface area (Å²) < 4.78 is 10.7. The first-order chi connectivity index (χ1) is 17.0. The molecular weight excluding hydrogens is 444 g/mol. The molecule has 0 saturated heterocycles. The number of carbonyl (C=O) groups excluding carboxylic acids is 3. The number of rotatable bonds is 10. The van der Waals surface area contributed by atoms with Crippen LogP contribution in [0.15, 0.2) is 103 Å². The second kappa shape index (κ2) is 12.9. The number of nitrogens with zero attached hydrogens (tertiary/aromatic N) is 1. The number of methoxy groups -OCH3 is 1. The van der Waals surface area contributed by atoms with Crippen LogP contribution in [0.25, 0.3) is 0 Å². The monoisotopic (exact) mass is 472 g/mol. The third-order valence-corrected chi connectivity index (χ3v) is 5.31. The van der Waals surface area contributed by atoms with Crippen molar-refractivity contribution in [2.24, 2.45) is 0 Å². The van der Waals surface area contributed by atoms with Crippen molar-refractivity contribution < 1.29 is 23.9 Å². The van der Waals surface area contributed by atoms with Gasteiger partial charge in [-0.3, -0.25) is 15.0 Å². The molecule has 3 aromatic carbocycles. The second-order valence-electron chi connectivity index (χ2n) is 7.71. The van der Waals surface area contributed by atoms with Crippen molar-refractivity contribution in [3.05, 3.63) is 120 Å². The van der Waals surface area contributed by atoms with Crippen LogP contribution < -0.4 is 5.43 Å². The molecule has 0 spiro atoms. The number of esters is 1. The largest absolute Gasteiger partial charge is 0.466 e. The Balaban J connectivity index is 1.86. The smallest absolute Gasteiger partial charge is 0.335 e. The van der Waals surface area contributed by atoms with Crippen molar-refractivity contribution in [2.45, 2.75) is 19.1 Å². The first kappa shape index (κ1) is 25.4. The number of ether oxygens (including phenoxy) is 2. The minimum atomic E-state index is -0.904. The number of carbonyl (C=O) groups is 3. The van der Waals surface area contributed by atoms with Crippen LogP contribution in [0.1, 0.15) is 32.7 Å². The van der Waals surface area contributed by atoms with Crippen molar-refractivity contribution in [1.82, 2.24) is 10.4 Å². The second-order valence-corrected chi connectivity index (χ2v) is 7.71. The predicted molar refractivity (Wildman–Crippen MR) is 132 cm³/mol. The molecule has 0 aliphatic rings. The SMILES string of the molecule is C=C(C(=O)OC)C(CCOCc1ccccc1)N(NC(=O)c1ccccc1)C(=O)c1ccccc1. The zero-order valence-corrected chi connectivity index (χ0v) is 19.6. The normalized spacial score (nSPS) is 11.2. The molecule has 0 saturated carbocycles. The lowest BCUT2D eigenvalue weighted by atomic mass is 10.0. The number of hydrogen-bond acceptors (Lipinski definition) is 5. The lowest BCUT2D eigenvalue weighted by Crippen LogP contribution is -2.53. The molecule has 1 unspecified atom stereocenters. The average molecular weight is 473 g/mol. The summed E-state index contributed by atoms with van der Waals surface area (Å²) in [4.78, 5) is 38.9. The van der Waals surface area contributed by atoms with Gasteiger partial charge >= 0.3 is 5.97 Å². The maximum absolute atomic E-state index is 13.5. The Hall–Kier alpha value is -4.23. The molecule has 180 valence electrons. The van der Waals surface area contributed by atoms with E-state index in [1.807, 2.05) is 30.3 Å². The summed E-state index contributed by atoms with van der Waals surface area (Å²) in [5.74, 6) is -1.67. The summed E-state index contributed by atoms with van der Waals surface area (Å²) >= 11 is 0. The Kier molecular flexibility index (Phi) is 9.33. The third-order valence-electron chi connectivity index (χ3n) is 5.31. The molecule has 7 heteroatoms. The number of benzene rings is 3. The fourth-order valence-corrected chi connectivity index (χ4v) is 3.44. The zero-order valence-electron chi connectivity index (χ0n) is 19.6. The number of amides is 2. The first-order valence-corrected chi connectivity index (χ1v) is 11.1. The molecule has 0 heterocycles. The minimum Gasteiger partial charge on any atom is -0.466 e.